The lowest BCUT2D eigenvalue weighted by Crippen LogP contribution is -2.49. The van der Waals surface area contributed by atoms with Crippen molar-refractivity contribution in [3.8, 4) is 0 Å². The molecule has 2 unspecified atom stereocenters. The Labute approximate surface area is 143 Å². The normalized spacial score (nSPS) is 27.8. The molecule has 2 aliphatic rings. The molecule has 3 rings (SSSR count). The molecule has 24 heavy (non-hydrogen) atoms. The van der Waals surface area contributed by atoms with Gasteiger partial charge in [-0.25, -0.2) is 8.42 Å². The van der Waals surface area contributed by atoms with E-state index in [2.05, 4.69) is 0 Å². The van der Waals surface area contributed by atoms with Crippen molar-refractivity contribution >= 4 is 21.6 Å². The first-order valence-corrected chi connectivity index (χ1v) is 10.1. The summed E-state index contributed by atoms with van der Waals surface area (Å²) in [5, 5.41) is 9.72. The molecule has 1 N–H and O–H groups in total. The summed E-state index contributed by atoms with van der Waals surface area (Å²) >= 11 is 0. The van der Waals surface area contributed by atoms with E-state index < -0.39 is 16.1 Å². The Morgan fingerprint density at radius 2 is 1.75 bits per heavy atom. The van der Waals surface area contributed by atoms with Crippen molar-refractivity contribution in [2.75, 3.05) is 23.7 Å². The summed E-state index contributed by atoms with van der Waals surface area (Å²) in [7, 11) is -3.57. The minimum atomic E-state index is -3.57. The van der Waals surface area contributed by atoms with Gasteiger partial charge in [0.05, 0.1) is 18.0 Å². The summed E-state index contributed by atoms with van der Waals surface area (Å²) in [5.41, 5.74) is 0.496. The number of aliphatic hydroxyl groups excluding tert-OH is 1. The molecular weight excluding hydrogens is 328 g/mol. The number of fused-ring (bicyclic) bond motifs is 1. The van der Waals surface area contributed by atoms with E-state index in [4.69, 9.17) is 0 Å². The van der Waals surface area contributed by atoms with Crippen LogP contribution in [0.2, 0.25) is 0 Å². The van der Waals surface area contributed by atoms with Crippen LogP contribution >= 0.6 is 0 Å². The van der Waals surface area contributed by atoms with Crippen molar-refractivity contribution in [1.29, 1.82) is 0 Å². The zero-order valence-corrected chi connectivity index (χ0v) is 14.8. The summed E-state index contributed by atoms with van der Waals surface area (Å²) in [6.45, 7) is 2.86. The molecule has 1 aliphatic heterocycles. The lowest BCUT2D eigenvalue weighted by molar-refractivity contribution is -0.131. The number of hydrogen-bond donors (Lipinski definition) is 1. The van der Waals surface area contributed by atoms with E-state index in [-0.39, 0.29) is 12.0 Å². The van der Waals surface area contributed by atoms with Crippen LogP contribution in [0, 0.1) is 11.8 Å². The van der Waals surface area contributed by atoms with Gasteiger partial charge in [0.25, 0.3) is 0 Å². The van der Waals surface area contributed by atoms with Gasteiger partial charge in [-0.15, -0.1) is 0 Å². The molecule has 132 valence electrons. The third-order valence-electron chi connectivity index (χ3n) is 5.11. The molecular formula is C17H24N2O4S. The molecule has 4 atom stereocenters. The predicted molar refractivity (Wildman–Crippen MR) is 92.0 cm³/mol. The lowest BCUT2D eigenvalue weighted by Gasteiger charge is -2.31. The summed E-state index contributed by atoms with van der Waals surface area (Å²) in [6, 6.07) is 7.92. The fraction of sp³-hybridized carbons (Fsp3) is 0.588. The third-order valence-corrected chi connectivity index (χ3v) is 6.36. The Bertz CT molecular complexity index is 693. The number of aliphatic hydroxyl groups is 1. The molecule has 1 heterocycles. The van der Waals surface area contributed by atoms with Crippen LogP contribution in [0.4, 0.5) is 5.69 Å². The number of sulfonamides is 1. The lowest BCUT2D eigenvalue weighted by atomic mass is 10.0. The van der Waals surface area contributed by atoms with E-state index in [0.29, 0.717) is 30.6 Å². The molecule has 0 bridgehead atoms. The molecule has 1 saturated heterocycles. The largest absolute Gasteiger partial charge is 0.393 e. The second-order valence-electron chi connectivity index (χ2n) is 6.96. The minimum absolute atomic E-state index is 0.173. The summed E-state index contributed by atoms with van der Waals surface area (Å²) in [6.07, 6.45) is 2.33. The standard InChI is InChI=1S/C17H24N2O4S/c1-12(19(24(2,22)23)15-6-4-3-5-7-15)17(21)18-10-13-8-16(20)9-14(13)11-18/h3-7,12-14,16,20H,8-11H2,1-2H3/t12?,13-,14+,16?. The fourth-order valence-electron chi connectivity index (χ4n) is 4.09. The summed E-state index contributed by atoms with van der Waals surface area (Å²) in [4.78, 5) is 14.6. The smallest absolute Gasteiger partial charge is 0.246 e. The van der Waals surface area contributed by atoms with Crippen LogP contribution in [-0.4, -0.2) is 55.8 Å². The van der Waals surface area contributed by atoms with Crippen molar-refractivity contribution in [3.63, 3.8) is 0 Å². The molecule has 0 radical (unpaired) electrons. The van der Waals surface area contributed by atoms with Crippen LogP contribution in [-0.2, 0) is 14.8 Å². The molecule has 0 aromatic heterocycles. The van der Waals surface area contributed by atoms with Gasteiger partial charge in [0.1, 0.15) is 6.04 Å². The van der Waals surface area contributed by atoms with Gasteiger partial charge in [-0.1, -0.05) is 18.2 Å². The number of amides is 1. The molecule has 1 aliphatic carbocycles. The van der Waals surface area contributed by atoms with E-state index in [9.17, 15) is 18.3 Å². The Morgan fingerprint density at radius 1 is 1.21 bits per heavy atom. The molecule has 1 saturated carbocycles. The molecule has 1 aromatic rings. The van der Waals surface area contributed by atoms with Crippen molar-refractivity contribution in [2.24, 2.45) is 11.8 Å². The Balaban J connectivity index is 1.79. The average molecular weight is 352 g/mol. The van der Waals surface area contributed by atoms with Gasteiger partial charge in [0.2, 0.25) is 15.9 Å². The maximum Gasteiger partial charge on any atom is 0.246 e. The van der Waals surface area contributed by atoms with Crippen molar-refractivity contribution < 1.29 is 18.3 Å². The number of para-hydroxylation sites is 1. The van der Waals surface area contributed by atoms with Gasteiger partial charge < -0.3 is 10.0 Å². The van der Waals surface area contributed by atoms with Crippen molar-refractivity contribution in [1.82, 2.24) is 4.90 Å². The van der Waals surface area contributed by atoms with Crippen LogP contribution in [0.1, 0.15) is 19.8 Å². The average Bonchev–Trinajstić information content (AvgIpc) is 3.03. The first kappa shape index (κ1) is 17.2. The van der Waals surface area contributed by atoms with Crippen LogP contribution < -0.4 is 4.31 Å². The second-order valence-corrected chi connectivity index (χ2v) is 8.82. The summed E-state index contributed by atoms with van der Waals surface area (Å²) in [5.74, 6) is 0.493. The van der Waals surface area contributed by atoms with E-state index in [1.807, 2.05) is 6.07 Å². The molecule has 2 fully saturated rings. The predicted octanol–water partition coefficient (Wildman–Crippen LogP) is 1.07. The first-order chi connectivity index (χ1) is 11.3. The number of rotatable bonds is 4. The minimum Gasteiger partial charge on any atom is -0.393 e. The third kappa shape index (κ3) is 3.28. The van der Waals surface area contributed by atoms with Gasteiger partial charge in [-0.2, -0.15) is 0 Å². The topological polar surface area (TPSA) is 77.9 Å². The van der Waals surface area contributed by atoms with Crippen LogP contribution in [0.3, 0.4) is 0 Å². The van der Waals surface area contributed by atoms with E-state index in [1.165, 1.54) is 4.31 Å². The Morgan fingerprint density at radius 3 is 2.25 bits per heavy atom. The Hall–Kier alpha value is -1.60. The number of carbonyl (C=O) groups excluding carboxylic acids is 1. The highest BCUT2D eigenvalue weighted by Crippen LogP contribution is 2.38. The highest BCUT2D eigenvalue weighted by molar-refractivity contribution is 7.92. The number of hydrogen-bond acceptors (Lipinski definition) is 4. The fourth-order valence-corrected chi connectivity index (χ4v) is 5.26. The van der Waals surface area contributed by atoms with Gasteiger partial charge in [0, 0.05) is 13.1 Å². The maximum atomic E-state index is 12.9. The van der Waals surface area contributed by atoms with Crippen molar-refractivity contribution in [3.05, 3.63) is 30.3 Å². The number of anilines is 1. The second kappa shape index (κ2) is 6.37. The van der Waals surface area contributed by atoms with Crippen LogP contribution in [0.25, 0.3) is 0 Å². The SMILES string of the molecule is CC(C(=O)N1C[C@H]2CC(O)C[C@H]2C1)N(c1ccccc1)S(C)(=O)=O. The van der Waals surface area contributed by atoms with Gasteiger partial charge in [-0.05, 0) is 43.7 Å². The van der Waals surface area contributed by atoms with Crippen molar-refractivity contribution in [2.45, 2.75) is 31.9 Å². The monoisotopic (exact) mass is 352 g/mol. The number of carbonyl (C=O) groups is 1. The highest BCUT2D eigenvalue weighted by Gasteiger charge is 2.43. The van der Waals surface area contributed by atoms with E-state index in [0.717, 1.165) is 19.1 Å². The van der Waals surface area contributed by atoms with E-state index >= 15 is 0 Å². The number of nitrogens with zero attached hydrogens (tertiary/aromatic N) is 2. The van der Waals surface area contributed by atoms with Gasteiger partial charge >= 0.3 is 0 Å². The van der Waals surface area contributed by atoms with E-state index in [1.54, 1.807) is 36.1 Å². The number of likely N-dealkylation sites (tertiary alicyclic amines) is 1. The molecule has 6 nitrogen and oxygen atoms in total. The van der Waals surface area contributed by atoms with Gasteiger partial charge in [0.15, 0.2) is 0 Å². The molecule has 1 aromatic carbocycles. The maximum absolute atomic E-state index is 12.9. The quantitative estimate of drug-likeness (QED) is 0.879. The first-order valence-electron chi connectivity index (χ1n) is 8.28. The molecule has 0 spiro atoms. The van der Waals surface area contributed by atoms with Crippen LogP contribution in [0.15, 0.2) is 30.3 Å². The zero-order chi connectivity index (χ0) is 17.5. The highest BCUT2D eigenvalue weighted by atomic mass is 32.2. The number of benzene rings is 1. The zero-order valence-electron chi connectivity index (χ0n) is 14.0. The molecule has 1 amide bonds. The Kier molecular flexibility index (Phi) is 4.57. The van der Waals surface area contributed by atoms with Crippen LogP contribution in [0.5, 0.6) is 0 Å². The van der Waals surface area contributed by atoms with Gasteiger partial charge in [-0.3, -0.25) is 9.10 Å². The summed E-state index contributed by atoms with van der Waals surface area (Å²) < 4.78 is 25.7. The molecule has 7 heteroatoms.